The molecule has 2 aromatic heterocycles. The lowest BCUT2D eigenvalue weighted by atomic mass is 10.2. The first-order valence-electron chi connectivity index (χ1n) is 7.07. The minimum Gasteiger partial charge on any atom is -0.370 e. The van der Waals surface area contributed by atoms with E-state index < -0.39 is 0 Å². The maximum atomic E-state index is 12.2. The molecule has 112 valence electrons. The van der Waals surface area contributed by atoms with E-state index in [0.717, 1.165) is 30.0 Å². The van der Waals surface area contributed by atoms with Crippen molar-refractivity contribution in [2.75, 3.05) is 11.9 Å². The molecule has 6 heteroatoms. The molecule has 0 aliphatic heterocycles. The third-order valence-corrected chi connectivity index (χ3v) is 3.13. The van der Waals surface area contributed by atoms with Gasteiger partial charge in [-0.15, -0.1) is 0 Å². The number of aryl methyl sites for hydroxylation is 2. The van der Waals surface area contributed by atoms with Gasteiger partial charge in [0.25, 0.3) is 5.91 Å². The molecule has 2 aromatic rings. The quantitative estimate of drug-likeness (QED) is 0.851. The summed E-state index contributed by atoms with van der Waals surface area (Å²) >= 11 is 0. The average Bonchev–Trinajstić information content (AvgIpc) is 2.81. The van der Waals surface area contributed by atoms with Crippen molar-refractivity contribution in [3.8, 4) is 0 Å². The Hall–Kier alpha value is -2.37. The van der Waals surface area contributed by atoms with Gasteiger partial charge in [0.15, 0.2) is 0 Å². The van der Waals surface area contributed by atoms with Gasteiger partial charge in [-0.3, -0.25) is 9.48 Å². The van der Waals surface area contributed by atoms with Gasteiger partial charge in [-0.25, -0.2) is 4.98 Å². The van der Waals surface area contributed by atoms with Gasteiger partial charge in [-0.2, -0.15) is 5.10 Å². The van der Waals surface area contributed by atoms with E-state index in [2.05, 4.69) is 27.6 Å². The van der Waals surface area contributed by atoms with Crippen LogP contribution in [0.5, 0.6) is 0 Å². The Morgan fingerprint density at radius 2 is 2.24 bits per heavy atom. The molecule has 0 unspecified atom stereocenters. The Morgan fingerprint density at radius 3 is 2.90 bits per heavy atom. The van der Waals surface area contributed by atoms with Crippen LogP contribution in [0.2, 0.25) is 0 Å². The number of nitrogens with zero attached hydrogens (tertiary/aromatic N) is 3. The van der Waals surface area contributed by atoms with E-state index in [1.807, 2.05) is 20.2 Å². The summed E-state index contributed by atoms with van der Waals surface area (Å²) in [6.07, 6.45) is 4.57. The topological polar surface area (TPSA) is 71.8 Å². The van der Waals surface area contributed by atoms with Crippen molar-refractivity contribution < 1.29 is 4.79 Å². The van der Waals surface area contributed by atoms with Crippen molar-refractivity contribution in [3.05, 3.63) is 41.3 Å². The van der Waals surface area contributed by atoms with Gasteiger partial charge >= 0.3 is 0 Å². The number of hydrogen-bond donors (Lipinski definition) is 2. The number of carbonyl (C=O) groups excluding carboxylic acids is 1. The van der Waals surface area contributed by atoms with Crippen molar-refractivity contribution in [1.29, 1.82) is 0 Å². The summed E-state index contributed by atoms with van der Waals surface area (Å²) in [5.74, 6) is 0.613. The summed E-state index contributed by atoms with van der Waals surface area (Å²) in [4.78, 5) is 16.4. The van der Waals surface area contributed by atoms with Crippen LogP contribution < -0.4 is 10.6 Å². The highest BCUT2D eigenvalue weighted by atomic mass is 16.1. The molecule has 0 atom stereocenters. The van der Waals surface area contributed by atoms with Crippen molar-refractivity contribution in [1.82, 2.24) is 20.1 Å². The molecule has 0 fully saturated rings. The zero-order valence-corrected chi connectivity index (χ0v) is 12.7. The second-order valence-corrected chi connectivity index (χ2v) is 4.95. The smallest absolute Gasteiger partial charge is 0.251 e. The molecule has 0 aliphatic carbocycles. The molecule has 0 aliphatic rings. The second kappa shape index (κ2) is 6.88. The van der Waals surface area contributed by atoms with E-state index >= 15 is 0 Å². The molecule has 2 N–H and O–H groups in total. The number of aromatic nitrogens is 3. The normalized spacial score (nSPS) is 10.4. The number of carbonyl (C=O) groups is 1. The fourth-order valence-corrected chi connectivity index (χ4v) is 2.02. The largest absolute Gasteiger partial charge is 0.370 e. The zero-order chi connectivity index (χ0) is 15.2. The minimum atomic E-state index is -0.111. The maximum Gasteiger partial charge on any atom is 0.251 e. The number of anilines is 1. The summed E-state index contributed by atoms with van der Waals surface area (Å²) in [5, 5.41) is 10.3. The van der Waals surface area contributed by atoms with Crippen LogP contribution in [0.3, 0.4) is 0 Å². The molecule has 1 amide bonds. The second-order valence-electron chi connectivity index (χ2n) is 4.95. The first kappa shape index (κ1) is 15.0. The van der Waals surface area contributed by atoms with Crippen molar-refractivity contribution in [2.45, 2.75) is 26.8 Å². The molecule has 0 saturated heterocycles. The molecule has 0 bridgehead atoms. The lowest BCUT2D eigenvalue weighted by Crippen LogP contribution is -2.23. The maximum absolute atomic E-state index is 12.2. The van der Waals surface area contributed by atoms with Gasteiger partial charge in [0, 0.05) is 43.7 Å². The zero-order valence-electron chi connectivity index (χ0n) is 12.7. The van der Waals surface area contributed by atoms with Gasteiger partial charge in [0.05, 0.1) is 5.69 Å². The van der Waals surface area contributed by atoms with Crippen LogP contribution in [-0.4, -0.2) is 27.2 Å². The van der Waals surface area contributed by atoms with E-state index in [1.165, 1.54) is 0 Å². The van der Waals surface area contributed by atoms with E-state index in [9.17, 15) is 4.79 Å². The summed E-state index contributed by atoms with van der Waals surface area (Å²) < 4.78 is 1.75. The van der Waals surface area contributed by atoms with Gasteiger partial charge in [-0.1, -0.05) is 6.92 Å². The first-order chi connectivity index (χ1) is 10.1. The van der Waals surface area contributed by atoms with Crippen LogP contribution in [0.25, 0.3) is 0 Å². The van der Waals surface area contributed by atoms with Gasteiger partial charge in [0.2, 0.25) is 0 Å². The molecule has 2 heterocycles. The first-order valence-corrected chi connectivity index (χ1v) is 7.07. The average molecular weight is 287 g/mol. The van der Waals surface area contributed by atoms with E-state index in [1.54, 1.807) is 23.0 Å². The van der Waals surface area contributed by atoms with Gasteiger partial charge < -0.3 is 10.6 Å². The highest BCUT2D eigenvalue weighted by molar-refractivity contribution is 5.94. The van der Waals surface area contributed by atoms with Crippen molar-refractivity contribution >= 4 is 11.7 Å². The van der Waals surface area contributed by atoms with Crippen LogP contribution in [-0.2, 0) is 13.6 Å². The predicted molar refractivity (Wildman–Crippen MR) is 82.1 cm³/mol. The van der Waals surface area contributed by atoms with Crippen LogP contribution in [0.4, 0.5) is 5.82 Å². The Balaban J connectivity index is 1.98. The number of rotatable bonds is 6. The summed E-state index contributed by atoms with van der Waals surface area (Å²) in [5.41, 5.74) is 2.55. The fraction of sp³-hybridized carbons (Fsp3) is 0.400. The molecular formula is C15H21N5O. The lowest BCUT2D eigenvalue weighted by molar-refractivity contribution is 0.0951. The summed E-state index contributed by atoms with van der Waals surface area (Å²) in [7, 11) is 1.87. The van der Waals surface area contributed by atoms with Crippen molar-refractivity contribution in [2.24, 2.45) is 7.05 Å². The molecule has 21 heavy (non-hydrogen) atoms. The Labute approximate surface area is 124 Å². The highest BCUT2D eigenvalue weighted by Gasteiger charge is 2.09. The van der Waals surface area contributed by atoms with E-state index in [4.69, 9.17) is 0 Å². The van der Waals surface area contributed by atoms with Gasteiger partial charge in [0.1, 0.15) is 5.82 Å². The molecular weight excluding hydrogens is 266 g/mol. The number of amides is 1. The Morgan fingerprint density at radius 1 is 1.43 bits per heavy atom. The minimum absolute atomic E-state index is 0.111. The van der Waals surface area contributed by atoms with Crippen LogP contribution >= 0.6 is 0 Å². The lowest BCUT2D eigenvalue weighted by Gasteiger charge is -2.07. The van der Waals surface area contributed by atoms with E-state index in [0.29, 0.717) is 12.1 Å². The Bertz CT molecular complexity index is 620. The predicted octanol–water partition coefficient (Wildman–Crippen LogP) is 1.88. The van der Waals surface area contributed by atoms with Crippen LogP contribution in [0, 0.1) is 6.92 Å². The number of nitrogens with one attached hydrogen (secondary N) is 2. The summed E-state index contributed by atoms with van der Waals surface area (Å²) in [6.45, 7) is 5.33. The molecule has 0 radical (unpaired) electrons. The summed E-state index contributed by atoms with van der Waals surface area (Å²) in [6, 6.07) is 3.48. The molecule has 0 aromatic carbocycles. The Kier molecular flexibility index (Phi) is 4.92. The van der Waals surface area contributed by atoms with Crippen molar-refractivity contribution in [3.63, 3.8) is 0 Å². The third-order valence-electron chi connectivity index (χ3n) is 3.13. The molecule has 0 spiro atoms. The monoisotopic (exact) mass is 287 g/mol. The molecule has 2 rings (SSSR count). The van der Waals surface area contributed by atoms with Crippen LogP contribution in [0.15, 0.2) is 24.5 Å². The molecule has 0 saturated carbocycles. The fourth-order valence-electron chi connectivity index (χ4n) is 2.02. The van der Waals surface area contributed by atoms with Gasteiger partial charge in [-0.05, 0) is 25.5 Å². The highest BCUT2D eigenvalue weighted by Crippen LogP contribution is 2.08. The standard InChI is InChI=1S/C15H21N5O/c1-4-6-16-14-8-12(5-7-17-14)15(21)18-9-13-10-20(3)19-11(13)2/h5,7-8,10H,4,6,9H2,1-3H3,(H,16,17)(H,18,21). The third kappa shape index (κ3) is 4.05. The number of hydrogen-bond acceptors (Lipinski definition) is 4. The SMILES string of the molecule is CCCNc1cc(C(=O)NCc2cn(C)nc2C)ccn1. The molecule has 6 nitrogen and oxygen atoms in total. The van der Waals surface area contributed by atoms with Crippen LogP contribution in [0.1, 0.15) is 35.0 Å². The number of pyridine rings is 1. The van der Waals surface area contributed by atoms with E-state index in [-0.39, 0.29) is 5.91 Å².